The number of carbonyl (C=O) groups excluding carboxylic acids is 1. The monoisotopic (exact) mass is 497 g/mol. The van der Waals surface area contributed by atoms with E-state index >= 15 is 4.39 Å². The number of pyridine rings is 2. The molecule has 0 aliphatic carbocycles. The lowest BCUT2D eigenvalue weighted by molar-refractivity contribution is -0.138. The molecule has 188 valence electrons. The number of halogens is 4. The number of carbonyl (C=O) groups is 1. The van der Waals surface area contributed by atoms with E-state index in [9.17, 15) is 22.8 Å². The zero-order chi connectivity index (χ0) is 25.5. The van der Waals surface area contributed by atoms with Crippen LogP contribution >= 0.6 is 0 Å². The second-order valence-corrected chi connectivity index (χ2v) is 8.24. The quantitative estimate of drug-likeness (QED) is 0.537. The molecular weight excluding hydrogens is 474 g/mol. The van der Waals surface area contributed by atoms with Gasteiger partial charge >= 0.3 is 12.2 Å². The van der Waals surface area contributed by atoms with Gasteiger partial charge in [0.05, 0.1) is 42.5 Å². The summed E-state index contributed by atoms with van der Waals surface area (Å²) in [5.74, 6) is 0.359. The number of hydrogen-bond acceptors (Lipinski definition) is 6. The van der Waals surface area contributed by atoms with Crippen LogP contribution in [0.2, 0.25) is 0 Å². The van der Waals surface area contributed by atoms with Gasteiger partial charge in [-0.3, -0.25) is 9.89 Å². The van der Waals surface area contributed by atoms with Gasteiger partial charge < -0.3 is 24.4 Å². The molecule has 3 aromatic heterocycles. The summed E-state index contributed by atoms with van der Waals surface area (Å²) in [6.45, 7) is 0.350. The number of anilines is 2. The summed E-state index contributed by atoms with van der Waals surface area (Å²) in [5, 5.41) is 9.56. The molecule has 0 spiro atoms. The fraction of sp³-hybridized carbons (Fsp3) is 0.429. The fourth-order valence-corrected chi connectivity index (χ4v) is 4.07. The molecule has 4 heterocycles. The third kappa shape index (κ3) is 4.72. The Labute approximate surface area is 196 Å². The second-order valence-electron chi connectivity index (χ2n) is 8.24. The Bertz CT molecular complexity index is 1310. The van der Waals surface area contributed by atoms with Gasteiger partial charge in [-0.1, -0.05) is 0 Å². The fourth-order valence-electron chi connectivity index (χ4n) is 4.07. The first-order valence-electron chi connectivity index (χ1n) is 10.6. The van der Waals surface area contributed by atoms with Crippen molar-refractivity contribution in [3.8, 4) is 5.88 Å². The van der Waals surface area contributed by atoms with E-state index in [1.165, 1.54) is 14.2 Å². The lowest BCUT2D eigenvalue weighted by atomic mass is 10.0. The van der Waals surface area contributed by atoms with Crippen LogP contribution in [-0.4, -0.2) is 70.1 Å². The molecule has 0 radical (unpaired) electrons. The number of fused-ring (bicyclic) bond motifs is 1. The Morgan fingerprint density at radius 1 is 1.34 bits per heavy atom. The molecule has 3 aromatic rings. The number of urea groups is 1. The maximum Gasteiger partial charge on any atom is 0.417 e. The van der Waals surface area contributed by atoms with Gasteiger partial charge in [-0.05, 0) is 18.6 Å². The molecular formula is C21H23F4N7O3. The largest absolute Gasteiger partial charge is 0.479 e. The number of aryl methyl sites for hydroxylation is 1. The van der Waals surface area contributed by atoms with Crippen molar-refractivity contribution < 1.29 is 27.1 Å². The van der Waals surface area contributed by atoms with Gasteiger partial charge in [0.1, 0.15) is 11.9 Å². The van der Waals surface area contributed by atoms with Crippen LogP contribution in [0.15, 0.2) is 29.3 Å². The van der Waals surface area contributed by atoms with Crippen molar-refractivity contribution in [2.75, 3.05) is 37.5 Å². The zero-order valence-electron chi connectivity index (χ0n) is 19.1. The molecule has 1 saturated heterocycles. The van der Waals surface area contributed by atoms with Gasteiger partial charge in [0.25, 0.3) is 5.56 Å². The highest BCUT2D eigenvalue weighted by molar-refractivity contribution is 5.89. The molecule has 4 rings (SSSR count). The highest BCUT2D eigenvalue weighted by atomic mass is 19.4. The second kappa shape index (κ2) is 9.07. The maximum absolute atomic E-state index is 15.2. The predicted octanol–water partition coefficient (Wildman–Crippen LogP) is 2.76. The van der Waals surface area contributed by atoms with Gasteiger partial charge in [0.2, 0.25) is 5.88 Å². The number of hydrogen-bond donors (Lipinski definition) is 2. The Hall–Kier alpha value is -3.84. The number of piperidine rings is 1. The van der Waals surface area contributed by atoms with Crippen molar-refractivity contribution in [3.63, 3.8) is 0 Å². The minimum Gasteiger partial charge on any atom is -0.479 e. The number of amides is 2. The first-order valence-corrected chi connectivity index (χ1v) is 10.6. The lowest BCUT2D eigenvalue weighted by Gasteiger charge is -2.39. The van der Waals surface area contributed by atoms with E-state index in [1.54, 1.807) is 17.2 Å². The Morgan fingerprint density at radius 2 is 2.09 bits per heavy atom. The summed E-state index contributed by atoms with van der Waals surface area (Å²) in [6, 6.07) is 0.615. The van der Waals surface area contributed by atoms with Crippen LogP contribution in [0.1, 0.15) is 12.0 Å². The number of H-pyrrole nitrogens is 1. The number of nitrogens with one attached hydrogen (secondary N) is 2. The smallest absolute Gasteiger partial charge is 0.417 e. The van der Waals surface area contributed by atoms with Crippen molar-refractivity contribution in [2.45, 2.75) is 24.8 Å². The van der Waals surface area contributed by atoms with Gasteiger partial charge in [-0.15, -0.1) is 5.10 Å². The van der Waals surface area contributed by atoms with Crippen LogP contribution in [0.5, 0.6) is 5.88 Å². The topological polar surface area (TPSA) is 108 Å². The maximum atomic E-state index is 15.2. The summed E-state index contributed by atoms with van der Waals surface area (Å²) in [6.07, 6.45) is -3.71. The lowest BCUT2D eigenvalue weighted by Crippen LogP contribution is -2.54. The number of aromatic nitrogens is 4. The van der Waals surface area contributed by atoms with Crippen LogP contribution in [0.4, 0.5) is 33.7 Å². The third-order valence-electron chi connectivity index (χ3n) is 6.00. The van der Waals surface area contributed by atoms with Crippen LogP contribution < -0.4 is 20.5 Å². The Morgan fingerprint density at radius 3 is 2.74 bits per heavy atom. The molecule has 2 N–H and O–H groups in total. The van der Waals surface area contributed by atoms with Crippen LogP contribution in [-0.2, 0) is 13.2 Å². The van der Waals surface area contributed by atoms with E-state index in [4.69, 9.17) is 4.74 Å². The standard InChI is InChI=1S/C21H23F4N7O3/c1-30-9-11(21(23,24)25)6-15(19(30)33)27-20(34)31(2)16-4-5-32(10-14(16)22)12-7-13-17(26-8-12)28-29-18(13)35-3/h6-9,14,16H,4-5,10H2,1-3H3,(H,27,34)(H,26,28,29)/t14-,16-/m1/s1. The van der Waals surface area contributed by atoms with Gasteiger partial charge in [-0.25, -0.2) is 14.2 Å². The third-order valence-corrected chi connectivity index (χ3v) is 6.00. The molecule has 1 aliphatic rings. The molecule has 14 heteroatoms. The van der Waals surface area contributed by atoms with Gasteiger partial charge in [0, 0.05) is 26.8 Å². The first-order chi connectivity index (χ1) is 16.5. The van der Waals surface area contributed by atoms with Crippen molar-refractivity contribution >= 4 is 28.4 Å². The summed E-state index contributed by atoms with van der Waals surface area (Å²) >= 11 is 0. The van der Waals surface area contributed by atoms with Crippen molar-refractivity contribution in [1.29, 1.82) is 0 Å². The average molecular weight is 497 g/mol. The minimum atomic E-state index is -4.70. The van der Waals surface area contributed by atoms with E-state index < -0.39 is 41.2 Å². The molecule has 0 unspecified atom stereocenters. The molecule has 2 atom stereocenters. The summed E-state index contributed by atoms with van der Waals surface area (Å²) in [4.78, 5) is 32.0. The number of methoxy groups -OCH3 is 1. The van der Waals surface area contributed by atoms with E-state index in [-0.39, 0.29) is 13.0 Å². The van der Waals surface area contributed by atoms with E-state index in [1.807, 2.05) is 0 Å². The van der Waals surface area contributed by atoms with Crippen LogP contribution in [0, 0.1) is 0 Å². The SMILES string of the molecule is COc1n[nH]c2ncc(N3CC[C@@H](N(C)C(=O)Nc4cc(C(F)(F)F)cn(C)c4=O)[C@H](F)C3)cc12. The molecule has 35 heavy (non-hydrogen) atoms. The first kappa shape index (κ1) is 24.3. The van der Waals surface area contributed by atoms with Crippen LogP contribution in [0.25, 0.3) is 11.0 Å². The molecule has 1 aliphatic heterocycles. The summed E-state index contributed by atoms with van der Waals surface area (Å²) in [5.41, 5.74) is -1.27. The normalized spacial score (nSPS) is 18.5. The molecule has 1 fully saturated rings. The Kier molecular flexibility index (Phi) is 6.30. The minimum absolute atomic E-state index is 0.0407. The van der Waals surface area contributed by atoms with E-state index in [0.717, 1.165) is 16.5 Å². The summed E-state index contributed by atoms with van der Waals surface area (Å²) in [7, 11) is 3.96. The van der Waals surface area contributed by atoms with Crippen molar-refractivity contribution in [3.05, 3.63) is 40.4 Å². The van der Waals surface area contributed by atoms with Crippen molar-refractivity contribution in [1.82, 2.24) is 24.6 Å². The molecule has 10 nitrogen and oxygen atoms in total. The molecule has 0 saturated carbocycles. The highest BCUT2D eigenvalue weighted by Gasteiger charge is 2.36. The molecule has 0 aromatic carbocycles. The number of alkyl halides is 4. The van der Waals surface area contributed by atoms with Gasteiger partial charge in [0.15, 0.2) is 5.65 Å². The number of rotatable bonds is 4. The van der Waals surface area contributed by atoms with Crippen molar-refractivity contribution in [2.24, 2.45) is 7.05 Å². The van der Waals surface area contributed by atoms with Crippen LogP contribution in [0.3, 0.4) is 0 Å². The summed E-state index contributed by atoms with van der Waals surface area (Å²) < 4.78 is 60.4. The molecule has 0 bridgehead atoms. The number of aromatic amines is 1. The van der Waals surface area contributed by atoms with E-state index in [2.05, 4.69) is 20.5 Å². The number of ether oxygens (including phenoxy) is 1. The Balaban J connectivity index is 1.46. The number of nitrogens with zero attached hydrogens (tertiary/aromatic N) is 5. The molecule has 2 amide bonds. The average Bonchev–Trinajstić information content (AvgIpc) is 3.23. The van der Waals surface area contributed by atoms with E-state index in [0.29, 0.717) is 41.4 Å². The zero-order valence-corrected chi connectivity index (χ0v) is 19.1. The predicted molar refractivity (Wildman–Crippen MR) is 119 cm³/mol. The van der Waals surface area contributed by atoms with Gasteiger partial charge in [-0.2, -0.15) is 13.2 Å². The highest BCUT2D eigenvalue weighted by Crippen LogP contribution is 2.31.